The first-order chi connectivity index (χ1) is 33.7. The number of rotatable bonds is 6. The van der Waals surface area contributed by atoms with Crippen molar-refractivity contribution < 1.29 is 8.83 Å². The van der Waals surface area contributed by atoms with Crippen molar-refractivity contribution >= 4 is 39.0 Å². The molecule has 3 nitrogen and oxygen atoms in total. The molecule has 1 unspecified atom stereocenters. The van der Waals surface area contributed by atoms with Gasteiger partial charge in [0.25, 0.3) is 0 Å². The van der Waals surface area contributed by atoms with E-state index in [-0.39, 0.29) is 0 Å². The van der Waals surface area contributed by atoms with Gasteiger partial charge in [-0.2, -0.15) is 0 Å². The number of hydrogen-bond acceptors (Lipinski definition) is 3. The number of benzene rings is 10. The molecule has 14 rings (SSSR count). The predicted molar refractivity (Wildman–Crippen MR) is 279 cm³/mol. The molecule has 12 aromatic rings. The zero-order chi connectivity index (χ0) is 44.8. The number of furan rings is 2. The summed E-state index contributed by atoms with van der Waals surface area (Å²) in [6.45, 7) is 0. The van der Waals surface area contributed by atoms with Crippen molar-refractivity contribution in [2.75, 3.05) is 4.90 Å². The maximum absolute atomic E-state index is 6.89. The van der Waals surface area contributed by atoms with E-state index in [1.807, 2.05) is 12.1 Å². The van der Waals surface area contributed by atoms with Crippen LogP contribution in [-0.2, 0) is 5.41 Å². The van der Waals surface area contributed by atoms with Crippen molar-refractivity contribution in [2.24, 2.45) is 0 Å². The lowest BCUT2D eigenvalue weighted by Gasteiger charge is -2.36. The van der Waals surface area contributed by atoms with Crippen molar-refractivity contribution in [1.29, 1.82) is 0 Å². The van der Waals surface area contributed by atoms with Crippen LogP contribution in [0.2, 0.25) is 0 Å². The average Bonchev–Trinajstić information content (AvgIpc) is 4.15. The Morgan fingerprint density at radius 1 is 0.324 bits per heavy atom. The summed E-state index contributed by atoms with van der Waals surface area (Å²) in [4.78, 5) is 2.40. The predicted octanol–water partition coefficient (Wildman–Crippen LogP) is 17.7. The van der Waals surface area contributed by atoms with E-state index in [9.17, 15) is 0 Å². The Bertz CT molecular complexity index is 3900. The maximum atomic E-state index is 6.89. The molecule has 1 atom stereocenters. The van der Waals surface area contributed by atoms with Gasteiger partial charge in [-0.1, -0.05) is 182 Å². The fourth-order valence-corrected chi connectivity index (χ4v) is 11.5. The Labute approximate surface area is 394 Å². The van der Waals surface area contributed by atoms with Gasteiger partial charge in [0.15, 0.2) is 0 Å². The third-order valence-electron chi connectivity index (χ3n) is 14.4. The molecule has 0 bridgehead atoms. The molecule has 0 aliphatic heterocycles. The first kappa shape index (κ1) is 38.4. The molecule has 2 aliphatic carbocycles. The third kappa shape index (κ3) is 5.66. The van der Waals surface area contributed by atoms with Crippen molar-refractivity contribution in [3.05, 3.63) is 271 Å². The summed E-state index contributed by atoms with van der Waals surface area (Å²) < 4.78 is 12.7. The Kier molecular flexibility index (Phi) is 8.50. The zero-order valence-corrected chi connectivity index (χ0v) is 36.9. The topological polar surface area (TPSA) is 29.5 Å². The largest absolute Gasteiger partial charge is 0.464 e. The number of hydrogen-bond donors (Lipinski definition) is 0. The SMILES string of the molecule is c1ccc(-c2ccc(N(c3ccc(-c4cccc(-c5ccco5)c4)cc3)c3ccc4c(c3)-c3ccccc3-c3ccccc3C43c4ccccc4-c4c3ccc3c4oc4ccccc43)cc2)cc1. The van der Waals surface area contributed by atoms with E-state index >= 15 is 0 Å². The molecule has 2 heterocycles. The molecule has 10 aromatic carbocycles. The summed E-state index contributed by atoms with van der Waals surface area (Å²) in [5.74, 6) is 0.857. The lowest BCUT2D eigenvalue weighted by molar-refractivity contribution is 0.582. The Hall–Kier alpha value is -8.92. The summed E-state index contributed by atoms with van der Waals surface area (Å²) in [6.07, 6.45) is 1.72. The van der Waals surface area contributed by atoms with E-state index in [4.69, 9.17) is 8.83 Å². The smallest absolute Gasteiger partial charge is 0.143 e. The van der Waals surface area contributed by atoms with Crippen LogP contribution in [0.15, 0.2) is 258 Å². The van der Waals surface area contributed by atoms with Crippen molar-refractivity contribution in [3.8, 4) is 67.0 Å². The Morgan fingerprint density at radius 3 is 1.63 bits per heavy atom. The zero-order valence-electron chi connectivity index (χ0n) is 36.9. The van der Waals surface area contributed by atoms with Crippen LogP contribution in [0.5, 0.6) is 0 Å². The van der Waals surface area contributed by atoms with Gasteiger partial charge in [-0.05, 0) is 133 Å². The van der Waals surface area contributed by atoms with E-state index in [1.165, 1.54) is 66.8 Å². The lowest BCUT2D eigenvalue weighted by atomic mass is 9.66. The van der Waals surface area contributed by atoms with Crippen molar-refractivity contribution in [2.45, 2.75) is 5.41 Å². The molecular weight excluding hydrogens is 827 g/mol. The summed E-state index contributed by atoms with van der Waals surface area (Å²) in [5.41, 5.74) is 22.3. The lowest BCUT2D eigenvalue weighted by Crippen LogP contribution is -2.29. The highest BCUT2D eigenvalue weighted by atomic mass is 16.3. The molecule has 3 heteroatoms. The molecule has 0 amide bonds. The minimum absolute atomic E-state index is 0.656. The molecular formula is C65H41NO2. The van der Waals surface area contributed by atoms with Crippen molar-refractivity contribution in [3.63, 3.8) is 0 Å². The van der Waals surface area contributed by atoms with Crippen molar-refractivity contribution in [1.82, 2.24) is 0 Å². The fourth-order valence-electron chi connectivity index (χ4n) is 11.5. The number of fused-ring (bicyclic) bond motifs is 16. The first-order valence-electron chi connectivity index (χ1n) is 23.3. The second kappa shape index (κ2) is 15.1. The molecule has 0 radical (unpaired) electrons. The van der Waals surface area contributed by atoms with Crippen LogP contribution in [0.25, 0.3) is 88.9 Å². The van der Waals surface area contributed by atoms with Gasteiger partial charge in [-0.15, -0.1) is 0 Å². The van der Waals surface area contributed by atoms with Crippen LogP contribution in [0.1, 0.15) is 22.3 Å². The minimum atomic E-state index is -0.656. The highest BCUT2D eigenvalue weighted by molar-refractivity contribution is 6.13. The van der Waals surface area contributed by atoms with Gasteiger partial charge < -0.3 is 13.7 Å². The van der Waals surface area contributed by atoms with E-state index in [0.717, 1.165) is 61.5 Å². The van der Waals surface area contributed by atoms with Crippen LogP contribution in [-0.4, -0.2) is 0 Å². The van der Waals surface area contributed by atoms with E-state index < -0.39 is 5.41 Å². The fraction of sp³-hybridized carbons (Fsp3) is 0.0154. The van der Waals surface area contributed by atoms with E-state index in [2.05, 4.69) is 235 Å². The molecule has 0 N–H and O–H groups in total. The highest BCUT2D eigenvalue weighted by Crippen LogP contribution is 2.63. The maximum Gasteiger partial charge on any atom is 0.143 e. The number of nitrogens with zero attached hydrogens (tertiary/aromatic N) is 1. The number of para-hydroxylation sites is 1. The summed E-state index contributed by atoms with van der Waals surface area (Å²) >= 11 is 0. The molecule has 0 saturated carbocycles. The van der Waals surface area contributed by atoms with Gasteiger partial charge in [0, 0.05) is 39.0 Å². The quantitative estimate of drug-likeness (QED) is 0.167. The Morgan fingerprint density at radius 2 is 0.882 bits per heavy atom. The van der Waals surface area contributed by atoms with E-state index in [0.29, 0.717) is 0 Å². The molecule has 2 aromatic heterocycles. The van der Waals surface area contributed by atoms with Crippen LogP contribution in [0, 0.1) is 0 Å². The van der Waals surface area contributed by atoms with Gasteiger partial charge in [-0.25, -0.2) is 0 Å². The number of anilines is 3. The van der Waals surface area contributed by atoms with Gasteiger partial charge in [0.1, 0.15) is 16.9 Å². The molecule has 318 valence electrons. The van der Waals surface area contributed by atoms with Crippen LogP contribution in [0.3, 0.4) is 0 Å². The van der Waals surface area contributed by atoms with E-state index in [1.54, 1.807) is 6.26 Å². The molecule has 2 aliphatic rings. The summed E-state index contributed by atoms with van der Waals surface area (Å²) in [5, 5.41) is 2.27. The third-order valence-corrected chi connectivity index (χ3v) is 14.4. The van der Waals surface area contributed by atoms with Crippen LogP contribution in [0.4, 0.5) is 17.1 Å². The molecule has 0 fully saturated rings. The second-order valence-corrected chi connectivity index (χ2v) is 17.9. The van der Waals surface area contributed by atoms with Crippen LogP contribution >= 0.6 is 0 Å². The normalized spacial score (nSPS) is 14.2. The monoisotopic (exact) mass is 867 g/mol. The van der Waals surface area contributed by atoms with Crippen LogP contribution < -0.4 is 4.90 Å². The summed E-state index contributed by atoms with van der Waals surface area (Å²) in [6, 6.07) is 88.4. The standard InChI is InChI=1S/C65H41NO2/c1-2-14-42(15-3-1)43-27-31-47(32-28-43)66(48-33-29-44(30-34-48)45-16-12-17-46(40-45)61-26-13-39-67-61)49-35-37-59-56(41-49)51-19-5-4-18-50(51)52-20-6-9-23-57(52)65(59)58-24-10-7-22-55(58)63-60(65)38-36-54-53-21-8-11-25-62(53)68-64(54)63/h1-41H. The first-order valence-corrected chi connectivity index (χ1v) is 23.3. The van der Waals surface area contributed by atoms with Gasteiger partial charge >= 0.3 is 0 Å². The summed E-state index contributed by atoms with van der Waals surface area (Å²) in [7, 11) is 0. The van der Waals surface area contributed by atoms with Gasteiger partial charge in [0.2, 0.25) is 0 Å². The molecule has 68 heavy (non-hydrogen) atoms. The van der Waals surface area contributed by atoms with Gasteiger partial charge in [-0.3, -0.25) is 0 Å². The average molecular weight is 868 g/mol. The van der Waals surface area contributed by atoms with Gasteiger partial charge in [0.05, 0.1) is 11.7 Å². The second-order valence-electron chi connectivity index (χ2n) is 17.9. The Balaban J connectivity index is 1.00. The molecule has 1 spiro atoms. The molecule has 0 saturated heterocycles. The highest BCUT2D eigenvalue weighted by Gasteiger charge is 2.50. The minimum Gasteiger partial charge on any atom is -0.464 e.